The van der Waals surface area contributed by atoms with E-state index in [0.29, 0.717) is 0 Å². The number of rotatable bonds is 2. The van der Waals surface area contributed by atoms with Gasteiger partial charge < -0.3 is 4.57 Å². The molecule has 0 atom stereocenters. The predicted molar refractivity (Wildman–Crippen MR) is 66.0 cm³/mol. The molecule has 0 aliphatic carbocycles. The Morgan fingerprint density at radius 2 is 2.27 bits per heavy atom. The van der Waals surface area contributed by atoms with Gasteiger partial charge in [0, 0.05) is 17.1 Å². The average Bonchev–Trinajstić information content (AvgIpc) is 2.59. The maximum absolute atomic E-state index is 5.95. The van der Waals surface area contributed by atoms with Crippen molar-refractivity contribution >= 4 is 27.5 Å². The van der Waals surface area contributed by atoms with Crippen LogP contribution < -0.4 is 0 Å². The van der Waals surface area contributed by atoms with E-state index in [9.17, 15) is 0 Å². The van der Waals surface area contributed by atoms with Crippen LogP contribution in [-0.4, -0.2) is 9.55 Å². The molecular formula is C11H10BrClN2. The van der Waals surface area contributed by atoms with Gasteiger partial charge in [-0.2, -0.15) is 0 Å². The van der Waals surface area contributed by atoms with Crippen LogP contribution in [0.3, 0.4) is 0 Å². The Kier molecular flexibility index (Phi) is 3.12. The molecule has 2 nitrogen and oxygen atoms in total. The number of benzene rings is 1. The molecule has 78 valence electrons. The highest BCUT2D eigenvalue weighted by Crippen LogP contribution is 2.24. The molecule has 4 heteroatoms. The first kappa shape index (κ1) is 10.7. The summed E-state index contributed by atoms with van der Waals surface area (Å²) in [6.07, 6.45) is 1.81. The number of aromatic nitrogens is 2. The molecule has 0 unspecified atom stereocenters. The number of halogens is 2. The third-order valence-electron chi connectivity index (χ3n) is 2.21. The minimum Gasteiger partial charge on any atom is -0.319 e. The summed E-state index contributed by atoms with van der Waals surface area (Å²) < 4.78 is 3.08. The van der Waals surface area contributed by atoms with Crippen LogP contribution in [0.15, 0.2) is 35.1 Å². The lowest BCUT2D eigenvalue weighted by Crippen LogP contribution is -1.97. The number of imidazole rings is 1. The minimum absolute atomic E-state index is 0.731. The van der Waals surface area contributed by atoms with Crippen LogP contribution >= 0.6 is 27.5 Å². The molecule has 0 spiro atoms. The fourth-order valence-corrected chi connectivity index (χ4v) is 2.23. The van der Waals surface area contributed by atoms with Gasteiger partial charge in [-0.3, -0.25) is 0 Å². The second kappa shape index (κ2) is 4.37. The van der Waals surface area contributed by atoms with Gasteiger partial charge in [-0.1, -0.05) is 23.7 Å². The van der Waals surface area contributed by atoms with Gasteiger partial charge in [0.15, 0.2) is 0 Å². The van der Waals surface area contributed by atoms with Crippen molar-refractivity contribution in [3.05, 3.63) is 40.1 Å². The van der Waals surface area contributed by atoms with E-state index in [1.54, 1.807) is 6.20 Å². The maximum Gasteiger partial charge on any atom is 0.140 e. The number of hydrogen-bond acceptors (Lipinski definition) is 1. The third kappa shape index (κ3) is 2.08. The van der Waals surface area contributed by atoms with Crippen molar-refractivity contribution in [3.8, 4) is 11.4 Å². The lowest BCUT2D eigenvalue weighted by atomic mass is 10.2. The van der Waals surface area contributed by atoms with Gasteiger partial charge in [0.25, 0.3) is 0 Å². The van der Waals surface area contributed by atoms with Gasteiger partial charge >= 0.3 is 0 Å². The van der Waals surface area contributed by atoms with Crippen molar-refractivity contribution < 1.29 is 0 Å². The molecular weight excluding hydrogens is 275 g/mol. The van der Waals surface area contributed by atoms with Crippen molar-refractivity contribution in [2.24, 2.45) is 0 Å². The summed E-state index contributed by atoms with van der Waals surface area (Å²) in [4.78, 5) is 4.36. The Bertz CT molecular complexity index is 479. The molecule has 0 aliphatic rings. The SMILES string of the molecule is CCn1c(Br)cnc1-c1cccc(Cl)c1. The second-order valence-electron chi connectivity index (χ2n) is 3.16. The van der Waals surface area contributed by atoms with E-state index >= 15 is 0 Å². The molecule has 15 heavy (non-hydrogen) atoms. The van der Waals surface area contributed by atoms with Crippen molar-refractivity contribution in [3.63, 3.8) is 0 Å². The fourth-order valence-electron chi connectivity index (χ4n) is 1.51. The van der Waals surface area contributed by atoms with Crippen molar-refractivity contribution in [2.75, 3.05) is 0 Å². The van der Waals surface area contributed by atoms with Crippen molar-refractivity contribution in [1.82, 2.24) is 9.55 Å². The summed E-state index contributed by atoms with van der Waals surface area (Å²) in [6.45, 7) is 2.96. The van der Waals surface area contributed by atoms with Crippen LogP contribution in [0.4, 0.5) is 0 Å². The Morgan fingerprint density at radius 3 is 2.93 bits per heavy atom. The molecule has 1 aromatic heterocycles. The Hall–Kier alpha value is -0.800. The van der Waals surface area contributed by atoms with Gasteiger partial charge in [-0.05, 0) is 35.0 Å². The first-order valence-electron chi connectivity index (χ1n) is 4.69. The molecule has 0 saturated carbocycles. The Labute approximate surface area is 102 Å². The predicted octanol–water partition coefficient (Wildman–Crippen LogP) is 3.99. The number of hydrogen-bond donors (Lipinski definition) is 0. The monoisotopic (exact) mass is 284 g/mol. The van der Waals surface area contributed by atoms with Crippen molar-refractivity contribution in [1.29, 1.82) is 0 Å². The zero-order valence-corrected chi connectivity index (χ0v) is 10.6. The largest absolute Gasteiger partial charge is 0.319 e. The Balaban J connectivity index is 2.54. The topological polar surface area (TPSA) is 17.8 Å². The van der Waals surface area contributed by atoms with Crippen LogP contribution in [0.2, 0.25) is 5.02 Å². The van der Waals surface area contributed by atoms with E-state index in [0.717, 1.165) is 27.6 Å². The van der Waals surface area contributed by atoms with Crippen LogP contribution in [0.1, 0.15) is 6.92 Å². The van der Waals surface area contributed by atoms with Gasteiger partial charge in [0.1, 0.15) is 10.4 Å². The Morgan fingerprint density at radius 1 is 1.47 bits per heavy atom. The molecule has 0 amide bonds. The maximum atomic E-state index is 5.95. The van der Waals surface area contributed by atoms with E-state index in [1.165, 1.54) is 0 Å². The van der Waals surface area contributed by atoms with E-state index in [-0.39, 0.29) is 0 Å². The quantitative estimate of drug-likeness (QED) is 0.816. The zero-order chi connectivity index (χ0) is 10.8. The molecule has 0 radical (unpaired) electrons. The lowest BCUT2D eigenvalue weighted by Gasteiger charge is -2.06. The summed E-state index contributed by atoms with van der Waals surface area (Å²) in [5, 5.41) is 0.731. The molecule has 0 N–H and O–H groups in total. The fraction of sp³-hybridized carbons (Fsp3) is 0.182. The summed E-state index contributed by atoms with van der Waals surface area (Å²) in [7, 11) is 0. The lowest BCUT2D eigenvalue weighted by molar-refractivity contribution is 0.755. The smallest absolute Gasteiger partial charge is 0.140 e. The summed E-state index contributed by atoms with van der Waals surface area (Å²) in [5.41, 5.74) is 1.04. The average molecular weight is 286 g/mol. The molecule has 0 bridgehead atoms. The van der Waals surface area contributed by atoms with E-state index < -0.39 is 0 Å². The van der Waals surface area contributed by atoms with Crippen LogP contribution in [0.25, 0.3) is 11.4 Å². The zero-order valence-electron chi connectivity index (χ0n) is 8.24. The van der Waals surface area contributed by atoms with Gasteiger partial charge in [-0.15, -0.1) is 0 Å². The molecule has 0 aliphatic heterocycles. The van der Waals surface area contributed by atoms with E-state index in [1.807, 2.05) is 24.3 Å². The van der Waals surface area contributed by atoms with Crippen LogP contribution in [-0.2, 0) is 6.54 Å². The highest BCUT2D eigenvalue weighted by molar-refractivity contribution is 9.10. The molecule has 0 fully saturated rings. The molecule has 2 aromatic rings. The normalized spacial score (nSPS) is 10.6. The molecule has 0 saturated heterocycles. The summed E-state index contributed by atoms with van der Waals surface area (Å²) in [5.74, 6) is 0.937. The highest BCUT2D eigenvalue weighted by atomic mass is 79.9. The second-order valence-corrected chi connectivity index (χ2v) is 4.41. The highest BCUT2D eigenvalue weighted by Gasteiger charge is 2.08. The number of nitrogens with zero attached hydrogens (tertiary/aromatic N) is 2. The summed E-state index contributed by atoms with van der Waals surface area (Å²) >= 11 is 9.41. The standard InChI is InChI=1S/C11H10BrClN2/c1-2-15-10(12)7-14-11(15)8-4-3-5-9(13)6-8/h3-7H,2H2,1H3. The van der Waals surface area contributed by atoms with E-state index in [4.69, 9.17) is 11.6 Å². The van der Waals surface area contributed by atoms with Gasteiger partial charge in [0.2, 0.25) is 0 Å². The van der Waals surface area contributed by atoms with Crippen LogP contribution in [0, 0.1) is 0 Å². The van der Waals surface area contributed by atoms with Crippen LogP contribution in [0.5, 0.6) is 0 Å². The third-order valence-corrected chi connectivity index (χ3v) is 3.07. The molecule has 1 aromatic carbocycles. The van der Waals surface area contributed by atoms with Crippen molar-refractivity contribution in [2.45, 2.75) is 13.5 Å². The molecule has 1 heterocycles. The first-order valence-corrected chi connectivity index (χ1v) is 5.86. The van der Waals surface area contributed by atoms with Gasteiger partial charge in [0.05, 0.1) is 6.20 Å². The van der Waals surface area contributed by atoms with E-state index in [2.05, 4.69) is 32.4 Å². The summed E-state index contributed by atoms with van der Waals surface area (Å²) in [6, 6.07) is 7.72. The first-order chi connectivity index (χ1) is 7.22. The molecule has 2 rings (SSSR count). The van der Waals surface area contributed by atoms with Gasteiger partial charge in [-0.25, -0.2) is 4.98 Å². The minimum atomic E-state index is 0.731.